The molecule has 2 rings (SSSR count). The van der Waals surface area contributed by atoms with E-state index in [1.165, 1.54) is 0 Å². The number of carbonyl (C=O) groups excluding carboxylic acids is 1. The molecule has 2 aliphatic rings. The van der Waals surface area contributed by atoms with E-state index in [0.29, 0.717) is 12.5 Å². The summed E-state index contributed by atoms with van der Waals surface area (Å²) in [4.78, 5) is 11.2. The molecule has 0 saturated heterocycles. The predicted molar refractivity (Wildman–Crippen MR) is 69.2 cm³/mol. The fraction of sp³-hybridized carbons (Fsp3) is 0.933. The highest BCUT2D eigenvalue weighted by Crippen LogP contribution is 2.57. The maximum Gasteiger partial charge on any atom is 0.309 e. The van der Waals surface area contributed by atoms with Crippen LogP contribution in [0.25, 0.3) is 0 Å². The number of alkyl halides is 2. The second-order valence-corrected chi connectivity index (χ2v) is 6.01. The molecule has 0 aromatic heterocycles. The quantitative estimate of drug-likeness (QED) is 0.659. The van der Waals surface area contributed by atoms with E-state index in [0.717, 1.165) is 38.5 Å². The summed E-state index contributed by atoms with van der Waals surface area (Å²) in [7, 11) is 1.72. The van der Waals surface area contributed by atoms with Crippen molar-refractivity contribution in [2.24, 2.45) is 17.8 Å². The molecular weight excluding hydrogens is 250 g/mol. The molecule has 0 radical (unpaired) electrons. The highest BCUT2D eigenvalue weighted by atomic mass is 19.3. The fourth-order valence-electron chi connectivity index (χ4n) is 3.83. The van der Waals surface area contributed by atoms with E-state index >= 15 is 0 Å². The lowest BCUT2D eigenvalue weighted by Crippen LogP contribution is -2.57. The lowest BCUT2D eigenvalue weighted by molar-refractivity contribution is -0.189. The topological polar surface area (TPSA) is 26.3 Å². The molecule has 4 heteroatoms. The second kappa shape index (κ2) is 5.86. The largest absolute Gasteiger partial charge is 0.381 e. The molecule has 0 spiro atoms. The number of carbonyl (C=O) groups is 1. The molecule has 0 aromatic carbocycles. The molecule has 0 aromatic rings. The molecule has 0 amide bonds. The molecule has 0 aliphatic heterocycles. The van der Waals surface area contributed by atoms with Crippen LogP contribution in [-0.4, -0.2) is 24.9 Å². The Hall–Kier alpha value is -0.510. The van der Waals surface area contributed by atoms with Gasteiger partial charge < -0.3 is 4.74 Å². The van der Waals surface area contributed by atoms with Gasteiger partial charge in [-0.1, -0.05) is 19.8 Å². The van der Waals surface area contributed by atoms with Gasteiger partial charge in [0.25, 0.3) is 0 Å². The van der Waals surface area contributed by atoms with Crippen molar-refractivity contribution in [3.8, 4) is 0 Å². The lowest BCUT2D eigenvalue weighted by Gasteiger charge is -2.41. The van der Waals surface area contributed by atoms with Crippen LogP contribution in [0, 0.1) is 17.8 Å². The number of ether oxygens (including phenoxy) is 1. The Balaban J connectivity index is 1.72. The Morgan fingerprint density at radius 2 is 2.11 bits per heavy atom. The number of unbranched alkanes of at least 4 members (excludes halogenated alkanes) is 1. The molecule has 19 heavy (non-hydrogen) atoms. The summed E-state index contributed by atoms with van der Waals surface area (Å²) < 4.78 is 32.3. The molecule has 4 atom stereocenters. The molecular formula is C15H24F2O2. The van der Waals surface area contributed by atoms with Gasteiger partial charge in [-0.3, -0.25) is 4.79 Å². The van der Waals surface area contributed by atoms with Crippen molar-refractivity contribution in [2.75, 3.05) is 7.11 Å². The molecule has 2 fully saturated rings. The Bertz CT molecular complexity index is 326. The average Bonchev–Trinajstić information content (AvgIpc) is 2.80. The van der Waals surface area contributed by atoms with E-state index in [4.69, 9.17) is 4.74 Å². The summed E-state index contributed by atoms with van der Waals surface area (Å²) in [5, 5.41) is 0. The fourth-order valence-corrected chi connectivity index (χ4v) is 3.83. The van der Waals surface area contributed by atoms with Crippen molar-refractivity contribution >= 4 is 5.78 Å². The van der Waals surface area contributed by atoms with E-state index in [9.17, 15) is 13.6 Å². The maximum atomic E-state index is 13.5. The Morgan fingerprint density at radius 3 is 2.74 bits per heavy atom. The Morgan fingerprint density at radius 1 is 1.37 bits per heavy atom. The van der Waals surface area contributed by atoms with Gasteiger partial charge in [0.2, 0.25) is 5.78 Å². The Kier molecular flexibility index (Phi) is 4.59. The molecule has 0 N–H and O–H groups in total. The summed E-state index contributed by atoms with van der Waals surface area (Å²) in [6, 6.07) is 0. The maximum absolute atomic E-state index is 13.5. The third-order valence-corrected chi connectivity index (χ3v) is 5.01. The van der Waals surface area contributed by atoms with Crippen LogP contribution >= 0.6 is 0 Å². The number of fused-ring (bicyclic) bond motifs is 1. The van der Waals surface area contributed by atoms with Crippen molar-refractivity contribution in [3.05, 3.63) is 0 Å². The average molecular weight is 274 g/mol. The molecule has 0 bridgehead atoms. The van der Waals surface area contributed by atoms with Gasteiger partial charge in [-0.2, -0.15) is 8.78 Å². The number of hydrogen-bond donors (Lipinski definition) is 0. The van der Waals surface area contributed by atoms with Crippen LogP contribution in [0.2, 0.25) is 0 Å². The van der Waals surface area contributed by atoms with Gasteiger partial charge in [0, 0.05) is 18.9 Å². The SMILES string of the molecule is CCC(CCCCC1CCC2C(=O)C(F)(F)C12)OC. The van der Waals surface area contributed by atoms with Gasteiger partial charge in [-0.25, -0.2) is 0 Å². The van der Waals surface area contributed by atoms with Crippen LogP contribution in [0.3, 0.4) is 0 Å². The summed E-state index contributed by atoms with van der Waals surface area (Å²) in [5.41, 5.74) is 0. The molecule has 0 heterocycles. The van der Waals surface area contributed by atoms with Gasteiger partial charge in [-0.15, -0.1) is 0 Å². The standard InChI is InChI=1S/C15H24F2O2/c1-3-11(19-2)7-5-4-6-10-8-9-12-13(10)15(16,17)14(12)18/h10-13H,3-9H2,1-2H3. The minimum atomic E-state index is -3.02. The van der Waals surface area contributed by atoms with Gasteiger partial charge >= 0.3 is 5.92 Å². The van der Waals surface area contributed by atoms with Gasteiger partial charge in [0.15, 0.2) is 0 Å². The predicted octanol–water partition coefficient (Wildman–Crippen LogP) is 3.83. The summed E-state index contributed by atoms with van der Waals surface area (Å²) in [6.07, 6.45) is 6.61. The summed E-state index contributed by atoms with van der Waals surface area (Å²) in [5.74, 6) is -4.75. The first-order valence-corrected chi connectivity index (χ1v) is 7.47. The number of hydrogen-bond acceptors (Lipinski definition) is 2. The third kappa shape index (κ3) is 2.69. The number of methoxy groups -OCH3 is 1. The minimum absolute atomic E-state index is 0.0559. The van der Waals surface area contributed by atoms with Crippen LogP contribution in [0.4, 0.5) is 8.78 Å². The van der Waals surface area contributed by atoms with Crippen LogP contribution in [0.5, 0.6) is 0 Å². The summed E-state index contributed by atoms with van der Waals surface area (Å²) in [6.45, 7) is 2.09. The Labute approximate surface area is 113 Å². The molecule has 110 valence electrons. The van der Waals surface area contributed by atoms with Gasteiger partial charge in [-0.05, 0) is 38.0 Å². The van der Waals surface area contributed by atoms with Crippen LogP contribution < -0.4 is 0 Å². The van der Waals surface area contributed by atoms with Crippen molar-refractivity contribution in [1.82, 2.24) is 0 Å². The summed E-state index contributed by atoms with van der Waals surface area (Å²) >= 11 is 0. The first-order valence-electron chi connectivity index (χ1n) is 7.47. The van der Waals surface area contributed by atoms with Gasteiger partial charge in [0.05, 0.1) is 6.10 Å². The van der Waals surface area contributed by atoms with Crippen molar-refractivity contribution in [2.45, 2.75) is 63.9 Å². The normalized spacial score (nSPS) is 33.9. The molecule has 2 aliphatic carbocycles. The zero-order valence-corrected chi connectivity index (χ0v) is 11.8. The smallest absolute Gasteiger partial charge is 0.309 e. The van der Waals surface area contributed by atoms with E-state index in [1.807, 2.05) is 0 Å². The van der Waals surface area contributed by atoms with Crippen LogP contribution in [0.1, 0.15) is 51.9 Å². The zero-order valence-electron chi connectivity index (χ0n) is 11.8. The van der Waals surface area contributed by atoms with Crippen molar-refractivity contribution in [1.29, 1.82) is 0 Å². The minimum Gasteiger partial charge on any atom is -0.381 e. The molecule has 4 unspecified atom stereocenters. The number of halogens is 2. The lowest BCUT2D eigenvalue weighted by atomic mass is 9.67. The van der Waals surface area contributed by atoms with Crippen molar-refractivity contribution < 1.29 is 18.3 Å². The van der Waals surface area contributed by atoms with Crippen LogP contribution in [-0.2, 0) is 9.53 Å². The van der Waals surface area contributed by atoms with Crippen molar-refractivity contribution in [3.63, 3.8) is 0 Å². The zero-order chi connectivity index (χ0) is 14.0. The number of ketones is 1. The molecule has 2 nitrogen and oxygen atoms in total. The second-order valence-electron chi connectivity index (χ2n) is 6.01. The first-order chi connectivity index (χ1) is 9.02. The first kappa shape index (κ1) is 14.9. The molecule has 2 saturated carbocycles. The van der Waals surface area contributed by atoms with E-state index in [-0.39, 0.29) is 11.8 Å². The van der Waals surface area contributed by atoms with E-state index in [2.05, 4.69) is 6.92 Å². The highest BCUT2D eigenvalue weighted by Gasteiger charge is 2.68. The third-order valence-electron chi connectivity index (χ3n) is 5.01. The van der Waals surface area contributed by atoms with E-state index in [1.54, 1.807) is 7.11 Å². The van der Waals surface area contributed by atoms with Crippen LogP contribution in [0.15, 0.2) is 0 Å². The van der Waals surface area contributed by atoms with Gasteiger partial charge in [0.1, 0.15) is 0 Å². The monoisotopic (exact) mass is 274 g/mol. The highest BCUT2D eigenvalue weighted by molar-refractivity contribution is 5.95. The number of rotatable bonds is 7. The van der Waals surface area contributed by atoms with E-state index < -0.39 is 17.6 Å². The number of Topliss-reactive ketones (excluding diaryl/α,β-unsaturated/α-hetero) is 1.